The van der Waals surface area contributed by atoms with Crippen LogP contribution in [0, 0.1) is 30.1 Å². The summed E-state index contributed by atoms with van der Waals surface area (Å²) >= 11 is 0. The number of para-hydroxylation sites is 2. The summed E-state index contributed by atoms with van der Waals surface area (Å²) in [6.45, 7) is 13.1. The number of nitrogens with one attached hydrogen (secondary N) is 17. The number of carbonyl (C=O) groups is 16. The van der Waals surface area contributed by atoms with Crippen LogP contribution in [0.25, 0.3) is 21.8 Å². The molecule has 0 bridgehead atoms. The summed E-state index contributed by atoms with van der Waals surface area (Å²) in [5.74, 6) is -16.1. The van der Waals surface area contributed by atoms with E-state index in [9.17, 15) is 72.9 Å². The highest BCUT2D eigenvalue weighted by Crippen LogP contribution is 2.26. The number of hydrogen-bond donors (Lipinski definition) is 21. The van der Waals surface area contributed by atoms with Crippen molar-refractivity contribution in [1.82, 2.24) is 94.4 Å². The smallest absolute Gasteiger partial charge is 0.305 e. The molecule has 0 spiro atoms. The number of rotatable bonds is 41. The third-order valence-corrected chi connectivity index (χ3v) is 22.5. The quantitative estimate of drug-likeness (QED) is 0.0116. The number of nitrogens with two attached hydrogens (primary N) is 1. The Balaban J connectivity index is 1.37. The lowest BCUT2D eigenvalue weighted by atomic mass is 9.98. The molecule has 1 aliphatic rings. The van der Waals surface area contributed by atoms with Gasteiger partial charge in [-0.15, -0.1) is 12.3 Å². The molecule has 42 nitrogen and oxygen atoms in total. The minimum Gasteiger partial charge on any atom is -0.481 e. The number of ether oxygens (including phenoxy) is 4. The number of aliphatic carboxylic acids is 2. The summed E-state index contributed by atoms with van der Waals surface area (Å²) in [5.41, 5.74) is 8.18. The molecule has 4 heterocycles. The van der Waals surface area contributed by atoms with Crippen LogP contribution in [0.3, 0.4) is 0 Å². The SMILES string of the molecule is C#CCCCC(=O)NCCOCCOCCOCCOCCNC(CC(=O)O)C(=O)N[C@H]1CSSC[C@@H](C(=O)N[C@H](C(N)=O)[C@@H](C)O)NC(=O)[C@H](Cc2c[nH]c3ccccc23)NC(=O)[C@H](C(C)C)NC(=O)[C@H](CC(C)C)NC(=O)[C@H](CCC(=O)O)NC(=O)CNC(=O)[C@H](CC(C)C)NC(=O)[C@H](Cc2cnc[nH]2)NC(=O)[C@H](Cc2c[nH]c3ccccc23)NC(=O)[C@H](C)NC1=O. The summed E-state index contributed by atoms with van der Waals surface area (Å²) in [4.78, 5) is 239. The number of carboxylic acids is 2. The number of H-pyrrole nitrogens is 3. The molecule has 22 N–H and O–H groups in total. The van der Waals surface area contributed by atoms with Crippen LogP contribution in [0.15, 0.2) is 73.4 Å². The van der Waals surface area contributed by atoms with Crippen LogP contribution in [0.4, 0.5) is 0 Å². The van der Waals surface area contributed by atoms with E-state index in [4.69, 9.17) is 31.1 Å². The maximum atomic E-state index is 15.3. The standard InChI is InChI=1S/C85H123N19O23S2/c1-10-11-12-21-68(106)89-25-27-125-29-31-127-33-32-126-30-28-124-26-24-88-60(39-71(110)111)78(116)101-66-44-128-129-45-67(84(122)104-73(51(9)105)74(86)112)102-80(118)64(37-53-41-91-58-20-16-14-18-56(53)58)100-85(123)72(49(6)7)103-82(120)62(35-48(4)5)98-77(115)59(22-23-70(108)109)95-69(107)43-92-76(114)61(34-47(2)3)97-81(119)65(38-54-42-87-46-93-54)99-79(117)63(96-75(113)50(8)94-83(66)121)36-52-40-90-57-19-15-13-17-55(52)57/h1,13-20,40-42,46-51,59-67,72-73,88,90-91,105H,11-12,21-39,43-45H2,2-9H3,(H2,86,112)(H,87,93)(H,89,106)(H,92,114)(H,94,121)(H,95,107)(H,96,113)(H,97,119)(H,98,115)(H,99,117)(H,100,123)(H,101,116)(H,102,118)(H,103,120)(H,104,122)(H,108,109)(H,110,111)/t50-,51+,59-,60?,61-,62-,63-,64-,65-,66-,67-,72-,73-/m0/s1. The van der Waals surface area contributed by atoms with Gasteiger partial charge in [-0.25, -0.2) is 4.98 Å². The Morgan fingerprint density at radius 2 is 1.09 bits per heavy atom. The largest absolute Gasteiger partial charge is 0.481 e. The summed E-state index contributed by atoms with van der Waals surface area (Å²) in [7, 11) is 1.60. The third kappa shape index (κ3) is 37.9. The van der Waals surface area contributed by atoms with Gasteiger partial charge in [0.1, 0.15) is 66.5 Å². The number of primary amides is 1. The molecule has 14 amide bonds. The average molecular weight is 1840 g/mol. The van der Waals surface area contributed by atoms with Crippen LogP contribution in [0.2, 0.25) is 0 Å². The van der Waals surface area contributed by atoms with E-state index in [1.165, 1.54) is 19.4 Å². The maximum Gasteiger partial charge on any atom is 0.305 e. The number of benzene rings is 2. The second kappa shape index (κ2) is 55.9. The number of aromatic nitrogens is 4. The summed E-state index contributed by atoms with van der Waals surface area (Å²) in [5, 5.41) is 68.6. The minimum atomic E-state index is -1.76. The first-order valence-corrected chi connectivity index (χ1v) is 45.1. The molecular weight excluding hydrogens is 1720 g/mol. The van der Waals surface area contributed by atoms with Crippen molar-refractivity contribution in [3.8, 4) is 12.3 Å². The molecule has 6 rings (SSSR count). The molecule has 3 aromatic heterocycles. The minimum absolute atomic E-state index is 0.0599. The number of terminal acetylenes is 1. The Labute approximate surface area is 754 Å². The molecule has 0 aliphatic carbocycles. The van der Waals surface area contributed by atoms with Crippen LogP contribution in [-0.4, -0.2) is 292 Å². The molecule has 5 aromatic rings. The highest BCUT2D eigenvalue weighted by atomic mass is 33.1. The van der Waals surface area contributed by atoms with Gasteiger partial charge in [0.25, 0.3) is 0 Å². The fourth-order valence-corrected chi connectivity index (χ4v) is 15.7. The van der Waals surface area contributed by atoms with Gasteiger partial charge in [0, 0.05) is 109 Å². The van der Waals surface area contributed by atoms with Crippen molar-refractivity contribution in [3.63, 3.8) is 0 Å². The normalized spacial score (nSPS) is 21.2. The number of fused-ring (bicyclic) bond motifs is 2. The summed E-state index contributed by atoms with van der Waals surface area (Å²) in [6.07, 6.45) is 7.81. The zero-order chi connectivity index (χ0) is 94.7. The molecule has 0 saturated carbocycles. The number of aliphatic hydroxyl groups excluding tert-OH is 1. The molecule has 1 saturated heterocycles. The van der Waals surface area contributed by atoms with Crippen LogP contribution in [-0.2, 0) is 115 Å². The second-order valence-electron chi connectivity index (χ2n) is 32.0. The zero-order valence-electron chi connectivity index (χ0n) is 73.6. The van der Waals surface area contributed by atoms with Gasteiger partial charge < -0.3 is 129 Å². The van der Waals surface area contributed by atoms with Crippen LogP contribution in [0.1, 0.15) is 124 Å². The van der Waals surface area contributed by atoms with E-state index in [0.717, 1.165) is 28.5 Å². The molecule has 1 fully saturated rings. The monoisotopic (exact) mass is 1840 g/mol. The van der Waals surface area contributed by atoms with E-state index < -0.39 is 211 Å². The Morgan fingerprint density at radius 3 is 1.62 bits per heavy atom. The van der Waals surface area contributed by atoms with Crippen molar-refractivity contribution in [2.24, 2.45) is 23.5 Å². The lowest BCUT2D eigenvalue weighted by molar-refractivity contribution is -0.140. The number of unbranched alkanes of at least 4 members (excludes halogenated alkanes) is 1. The first-order valence-electron chi connectivity index (χ1n) is 42.6. The van der Waals surface area contributed by atoms with Gasteiger partial charge >= 0.3 is 11.9 Å². The number of imidazole rings is 1. The number of carbonyl (C=O) groups excluding carboxylic acids is 14. The zero-order valence-corrected chi connectivity index (χ0v) is 75.2. The highest BCUT2D eigenvalue weighted by molar-refractivity contribution is 8.76. The van der Waals surface area contributed by atoms with Crippen LogP contribution < -0.4 is 80.2 Å². The third-order valence-electron chi connectivity index (χ3n) is 20.1. The Bertz CT molecular complexity index is 4600. The average Bonchev–Trinajstić information content (AvgIpc) is 1.70. The van der Waals surface area contributed by atoms with E-state index in [1.54, 1.807) is 102 Å². The number of aromatic amines is 3. The van der Waals surface area contributed by atoms with E-state index in [0.29, 0.717) is 64.4 Å². The van der Waals surface area contributed by atoms with Crippen LogP contribution in [0.5, 0.6) is 0 Å². The second-order valence-corrected chi connectivity index (χ2v) is 34.5. The van der Waals surface area contributed by atoms with Gasteiger partial charge in [0.05, 0.1) is 84.3 Å². The number of hydrogen-bond acceptors (Lipinski definition) is 25. The lowest BCUT2D eigenvalue weighted by Crippen LogP contribution is -2.61. The first-order chi connectivity index (χ1) is 61.5. The van der Waals surface area contributed by atoms with Crippen molar-refractivity contribution in [3.05, 3.63) is 90.3 Å². The van der Waals surface area contributed by atoms with E-state index in [2.05, 4.69) is 100 Å². The molecule has 0 radical (unpaired) electrons. The molecule has 44 heteroatoms. The van der Waals surface area contributed by atoms with Crippen molar-refractivity contribution in [2.45, 2.75) is 205 Å². The fraction of sp³-hybridized carbons (Fsp3) is 0.565. The first kappa shape index (κ1) is 106. The fourth-order valence-electron chi connectivity index (χ4n) is 13.3. The Morgan fingerprint density at radius 1 is 0.574 bits per heavy atom. The van der Waals surface area contributed by atoms with Crippen molar-refractivity contribution in [2.75, 3.05) is 84.0 Å². The molecule has 13 atom stereocenters. The highest BCUT2D eigenvalue weighted by Gasteiger charge is 2.39. The summed E-state index contributed by atoms with van der Waals surface area (Å²) < 4.78 is 22.3. The molecular formula is C85H123N19O23S2. The van der Waals surface area contributed by atoms with Gasteiger partial charge in [0.15, 0.2) is 0 Å². The maximum absolute atomic E-state index is 15.3. The molecule has 1 unspecified atom stereocenters. The van der Waals surface area contributed by atoms with E-state index >= 15 is 19.2 Å². The number of carboxylic acid groups (broad SMARTS) is 2. The lowest BCUT2D eigenvalue weighted by Gasteiger charge is -2.29. The molecule has 2 aromatic carbocycles. The van der Waals surface area contributed by atoms with Gasteiger partial charge in [-0.3, -0.25) is 76.7 Å². The van der Waals surface area contributed by atoms with Gasteiger partial charge in [-0.2, -0.15) is 0 Å². The Hall–Kier alpha value is -11.7. The Kier molecular flexibility index (Phi) is 45.9. The van der Waals surface area contributed by atoms with Gasteiger partial charge in [-0.1, -0.05) is 99.5 Å². The van der Waals surface area contributed by atoms with Gasteiger partial charge in [-0.05, 0) is 80.5 Å². The van der Waals surface area contributed by atoms with Gasteiger partial charge in [0.2, 0.25) is 82.7 Å². The molecule has 1 aliphatic heterocycles. The number of aliphatic hydroxyl groups is 1. The molecule has 129 heavy (non-hydrogen) atoms. The summed E-state index contributed by atoms with van der Waals surface area (Å²) in [6, 6.07) is -5.35. The van der Waals surface area contributed by atoms with Crippen molar-refractivity contribution < 1.29 is 111 Å². The van der Waals surface area contributed by atoms with Crippen molar-refractivity contribution >= 4 is 138 Å². The molecule has 708 valence electrons. The predicted molar refractivity (Wildman–Crippen MR) is 476 cm³/mol. The number of nitrogens with zero attached hydrogens (tertiary/aromatic N) is 1. The topological polar surface area (TPSA) is 625 Å². The van der Waals surface area contributed by atoms with Crippen LogP contribution >= 0.6 is 21.6 Å². The number of amides is 14. The predicted octanol–water partition coefficient (Wildman–Crippen LogP) is -1.84. The van der Waals surface area contributed by atoms with E-state index in [-0.39, 0.29) is 109 Å². The van der Waals surface area contributed by atoms with E-state index in [1.807, 2.05) is 0 Å². The van der Waals surface area contributed by atoms with Crippen molar-refractivity contribution in [1.29, 1.82) is 0 Å².